The summed E-state index contributed by atoms with van der Waals surface area (Å²) in [5.41, 5.74) is 0. The summed E-state index contributed by atoms with van der Waals surface area (Å²) in [4.78, 5) is 1.77. The Balaban J connectivity index is 0.000000856. The van der Waals surface area contributed by atoms with Crippen LogP contribution >= 0.6 is 0 Å². The Kier molecular flexibility index (Phi) is 15.4. The summed E-state index contributed by atoms with van der Waals surface area (Å²) < 4.78 is 205. The van der Waals surface area contributed by atoms with Crippen molar-refractivity contribution in [3.8, 4) is 0 Å². The first-order valence-corrected chi connectivity index (χ1v) is 16.5. The summed E-state index contributed by atoms with van der Waals surface area (Å²) in [5, 5.41) is 12.2. The molecule has 11 nitrogen and oxygen atoms in total. The largest absolute Gasteiger partial charge is 0.633 e. The second-order valence-corrected chi connectivity index (χ2v) is 14.8. The Bertz CT molecular complexity index is 1200. The van der Waals surface area contributed by atoms with Gasteiger partial charge in [0.1, 0.15) is 0 Å². The minimum atomic E-state index is -6.08. The van der Waals surface area contributed by atoms with E-state index in [1.807, 2.05) is 6.92 Å². The Labute approximate surface area is 263 Å². The third kappa shape index (κ3) is 9.32. The summed E-state index contributed by atoms with van der Waals surface area (Å²) in [5.74, 6) is -22.5. The van der Waals surface area contributed by atoms with Gasteiger partial charge in [-0.15, -0.1) is 0 Å². The van der Waals surface area contributed by atoms with Crippen molar-refractivity contribution >= 4 is 20.0 Å². The van der Waals surface area contributed by atoms with E-state index in [1.54, 1.807) is 11.8 Å². The molecule has 0 spiro atoms. The van der Waals surface area contributed by atoms with Crippen molar-refractivity contribution in [3.63, 3.8) is 0 Å². The van der Waals surface area contributed by atoms with Crippen LogP contribution in [0.15, 0.2) is 0 Å². The van der Waals surface area contributed by atoms with Gasteiger partial charge in [-0.05, 0) is 19.4 Å². The summed E-state index contributed by atoms with van der Waals surface area (Å²) in [6, 6.07) is 0. The Hall–Kier alpha value is -1.22. The molecule has 0 saturated carbocycles. The molecule has 0 aliphatic carbocycles. The van der Waals surface area contributed by atoms with Crippen LogP contribution in [0.3, 0.4) is 0 Å². The van der Waals surface area contributed by atoms with Crippen LogP contribution in [0.2, 0.25) is 0 Å². The van der Waals surface area contributed by atoms with E-state index in [9.17, 15) is 74.7 Å². The summed E-state index contributed by atoms with van der Waals surface area (Å²) in [6.45, 7) is 0.374. The van der Waals surface area contributed by atoms with E-state index >= 15 is 0 Å². The van der Waals surface area contributed by atoms with Gasteiger partial charge in [0.05, 0.1) is 32.7 Å². The van der Waals surface area contributed by atoms with Crippen LogP contribution in [-0.4, -0.2) is 145 Å². The van der Waals surface area contributed by atoms with Crippen LogP contribution < -0.4 is 0 Å². The van der Waals surface area contributed by atoms with E-state index in [-0.39, 0.29) is 28.2 Å². The highest BCUT2D eigenvalue weighted by molar-refractivity contribution is 7.90. The number of halogens is 12. The fourth-order valence-corrected chi connectivity index (χ4v) is 7.29. The molecule has 2 fully saturated rings. The van der Waals surface area contributed by atoms with Gasteiger partial charge in [0.15, 0.2) is 0 Å². The molecule has 2 rings (SSSR count). The molecule has 284 valence electrons. The number of nitrogens with zero attached hydrogens (tertiary/aromatic N) is 4. The lowest BCUT2D eigenvalue weighted by Gasteiger charge is -2.48. The number of hydroxylamine groups is 3. The van der Waals surface area contributed by atoms with Gasteiger partial charge in [0.2, 0.25) is 0 Å². The number of rotatable bonds is 12. The molecule has 0 aromatic carbocycles. The molecule has 0 atom stereocenters. The van der Waals surface area contributed by atoms with Crippen molar-refractivity contribution < 1.29 is 84.7 Å². The van der Waals surface area contributed by atoms with E-state index in [0.717, 1.165) is 6.42 Å². The third-order valence-corrected chi connectivity index (χ3v) is 11.1. The van der Waals surface area contributed by atoms with Crippen molar-refractivity contribution in [2.75, 3.05) is 65.4 Å². The molecule has 0 aromatic heterocycles. The summed E-state index contributed by atoms with van der Waals surface area (Å²) >= 11 is 0. The minimum Gasteiger partial charge on any atom is -0.633 e. The van der Waals surface area contributed by atoms with Gasteiger partial charge in [-0.2, -0.15) is 61.3 Å². The van der Waals surface area contributed by atoms with Gasteiger partial charge in [-0.1, -0.05) is 13.8 Å². The van der Waals surface area contributed by atoms with E-state index in [4.69, 9.17) is 10.5 Å². The van der Waals surface area contributed by atoms with Gasteiger partial charge in [0.25, 0.3) is 20.0 Å². The van der Waals surface area contributed by atoms with Crippen LogP contribution in [0.25, 0.3) is 0 Å². The van der Waals surface area contributed by atoms with E-state index < -0.39 is 112 Å². The average Bonchev–Trinajstić information content (AvgIpc) is 2.93. The van der Waals surface area contributed by atoms with Crippen molar-refractivity contribution in [1.29, 1.82) is 0 Å². The number of alkyl halides is 12. The van der Waals surface area contributed by atoms with Gasteiger partial charge in [-0.3, -0.25) is 10.5 Å². The predicted octanol–water partition coefficient (Wildman–Crippen LogP) is 4.48. The second kappa shape index (κ2) is 15.8. The molecule has 0 unspecified atom stereocenters. The molecule has 47 heavy (non-hydrogen) atoms. The molecule has 2 aliphatic rings. The molecule has 25 heteroatoms. The van der Waals surface area contributed by atoms with Gasteiger partial charge in [-0.25, -0.2) is 16.8 Å². The zero-order valence-electron chi connectivity index (χ0n) is 25.6. The second-order valence-electron chi connectivity index (χ2n) is 10.8. The normalized spacial score (nSPS) is 20.1. The quantitative estimate of drug-likeness (QED) is 0.0976. The fourth-order valence-electron chi connectivity index (χ4n) is 4.35. The molecule has 0 bridgehead atoms. The Morgan fingerprint density at radius 1 is 0.617 bits per heavy atom. The van der Waals surface area contributed by atoms with Gasteiger partial charge < -0.3 is 14.8 Å². The first kappa shape index (κ1) is 45.8. The van der Waals surface area contributed by atoms with Gasteiger partial charge in [0, 0.05) is 40.0 Å². The first-order valence-electron chi connectivity index (χ1n) is 13.7. The Morgan fingerprint density at radius 3 is 1.21 bits per heavy atom. The minimum absolute atomic E-state index is 0.0172. The van der Waals surface area contributed by atoms with Crippen molar-refractivity contribution in [2.45, 2.75) is 74.7 Å². The topological polar surface area (TPSA) is 142 Å². The summed E-state index contributed by atoms with van der Waals surface area (Å²) in [7, 11) is -11.9. The van der Waals surface area contributed by atoms with Crippen LogP contribution in [0.1, 0.15) is 40.5 Å². The SMILES string of the molecule is CCCN1CCN(S(=O)(=O)C(F)(F)C(F)(F)C(C)(F)F)CC1.CCC[N+]1([O-])CCN(S(=O)(=O)C(F)(F)C(F)(F)C(C)(F)F)CC1.OO. The third-order valence-electron chi connectivity index (χ3n) is 7.18. The maximum Gasteiger partial charge on any atom is 0.427 e. The lowest BCUT2D eigenvalue weighted by atomic mass is 10.2. The maximum absolute atomic E-state index is 13.7. The van der Waals surface area contributed by atoms with Crippen LogP contribution in [0.5, 0.6) is 0 Å². The number of hydrogen-bond acceptors (Lipinski definition) is 8. The zero-order valence-corrected chi connectivity index (χ0v) is 27.2. The number of hydrogen-bond donors (Lipinski definition) is 2. The molecule has 0 amide bonds. The molecule has 2 aliphatic heterocycles. The summed E-state index contributed by atoms with van der Waals surface area (Å²) in [6.07, 6.45) is 1.22. The van der Waals surface area contributed by atoms with Crippen LogP contribution in [0, 0.1) is 5.21 Å². The van der Waals surface area contributed by atoms with Gasteiger partial charge >= 0.3 is 34.2 Å². The lowest BCUT2D eigenvalue weighted by molar-refractivity contribution is -0.884. The molecule has 2 heterocycles. The monoisotopic (exact) mass is 762 g/mol. The molecular weight excluding hydrogens is 724 g/mol. The van der Waals surface area contributed by atoms with Crippen LogP contribution in [-0.2, 0) is 20.0 Å². The maximum atomic E-state index is 13.7. The van der Waals surface area contributed by atoms with Crippen molar-refractivity contribution in [1.82, 2.24) is 13.5 Å². The lowest BCUT2D eigenvalue weighted by Crippen LogP contribution is -2.64. The van der Waals surface area contributed by atoms with E-state index in [1.165, 1.54) is 0 Å². The first-order chi connectivity index (χ1) is 20.9. The zero-order chi connectivity index (χ0) is 37.7. The highest BCUT2D eigenvalue weighted by Crippen LogP contribution is 2.50. The van der Waals surface area contributed by atoms with Crippen molar-refractivity contribution in [2.24, 2.45) is 0 Å². The Morgan fingerprint density at radius 2 is 0.936 bits per heavy atom. The van der Waals surface area contributed by atoms with Crippen LogP contribution in [0.4, 0.5) is 52.7 Å². The molecule has 0 radical (unpaired) electrons. The number of quaternary nitrogens is 1. The van der Waals surface area contributed by atoms with E-state index in [0.29, 0.717) is 13.0 Å². The molecule has 2 N–H and O–H groups in total. The average molecular weight is 763 g/mol. The predicted molar refractivity (Wildman–Crippen MR) is 143 cm³/mol. The molecule has 0 aromatic rings. The highest BCUT2D eigenvalue weighted by atomic mass is 32.2. The number of sulfonamides is 2. The fraction of sp³-hybridized carbons (Fsp3) is 1.00. The smallest absolute Gasteiger partial charge is 0.427 e. The van der Waals surface area contributed by atoms with E-state index in [2.05, 4.69) is 0 Å². The molecular formula is C22H38F12N4O7S2. The highest BCUT2D eigenvalue weighted by Gasteiger charge is 2.77. The number of piperazine rings is 2. The standard InChI is InChI=1S/C11H18F6N2O3S.C11H18F6N2O2S.H2O2/c1-3-6-19(20)7-4-18(5-8-19)23(21,22)11(16,17)10(14,15)9(2,12)13;1-3-4-18-5-7-19(8-6-18)22(20,21)11(16,17)10(14,15)9(2,12)13;1-2/h3-8H2,1-2H3;3-8H2,1-2H3;1-2H. The molecule has 2 saturated heterocycles. The van der Waals surface area contributed by atoms with Crippen molar-refractivity contribution in [3.05, 3.63) is 5.21 Å².